The van der Waals surface area contributed by atoms with Gasteiger partial charge in [0.1, 0.15) is 5.82 Å². The third-order valence-electron chi connectivity index (χ3n) is 2.46. The standard InChI is InChI=1S/C12H13ClFN3/c1-8-7-17(2)16-12(8)15-6-9-3-4-11(14)10(13)5-9/h3-5,7H,6H2,1-2H3,(H,15,16). The van der Waals surface area contributed by atoms with Crippen LogP contribution in [0.1, 0.15) is 11.1 Å². The van der Waals surface area contributed by atoms with Crippen LogP contribution in [-0.4, -0.2) is 9.78 Å². The molecule has 0 amide bonds. The van der Waals surface area contributed by atoms with Crippen molar-refractivity contribution in [3.63, 3.8) is 0 Å². The minimum Gasteiger partial charge on any atom is -0.364 e. The number of rotatable bonds is 3. The Labute approximate surface area is 104 Å². The molecule has 0 saturated carbocycles. The van der Waals surface area contributed by atoms with Crippen molar-refractivity contribution in [1.29, 1.82) is 0 Å². The first kappa shape index (κ1) is 11.9. The van der Waals surface area contributed by atoms with Crippen LogP contribution in [0.25, 0.3) is 0 Å². The second-order valence-corrected chi connectivity index (χ2v) is 4.34. The van der Waals surface area contributed by atoms with Gasteiger partial charge < -0.3 is 5.32 Å². The Hall–Kier alpha value is -1.55. The van der Waals surface area contributed by atoms with E-state index in [1.54, 1.807) is 16.8 Å². The second kappa shape index (κ2) is 4.75. The fraction of sp³-hybridized carbons (Fsp3) is 0.250. The number of benzene rings is 1. The molecule has 0 aliphatic carbocycles. The van der Waals surface area contributed by atoms with Gasteiger partial charge >= 0.3 is 0 Å². The maximum atomic E-state index is 13.0. The van der Waals surface area contributed by atoms with Gasteiger partial charge in [0, 0.05) is 25.4 Å². The van der Waals surface area contributed by atoms with E-state index in [4.69, 9.17) is 11.6 Å². The molecule has 2 rings (SSSR count). The zero-order chi connectivity index (χ0) is 12.4. The number of halogens is 2. The van der Waals surface area contributed by atoms with Crippen molar-refractivity contribution in [3.8, 4) is 0 Å². The third-order valence-corrected chi connectivity index (χ3v) is 2.75. The van der Waals surface area contributed by atoms with Crippen molar-refractivity contribution >= 4 is 17.4 Å². The predicted octanol–water partition coefficient (Wildman–Crippen LogP) is 3.13. The van der Waals surface area contributed by atoms with Gasteiger partial charge in [-0.2, -0.15) is 5.10 Å². The van der Waals surface area contributed by atoms with E-state index in [1.165, 1.54) is 6.07 Å². The molecule has 0 saturated heterocycles. The molecule has 5 heteroatoms. The summed E-state index contributed by atoms with van der Waals surface area (Å²) in [6.45, 7) is 2.55. The van der Waals surface area contributed by atoms with Crippen LogP contribution in [0.2, 0.25) is 5.02 Å². The van der Waals surface area contributed by atoms with E-state index in [2.05, 4.69) is 10.4 Å². The normalized spacial score (nSPS) is 10.6. The summed E-state index contributed by atoms with van der Waals surface area (Å²) in [4.78, 5) is 0. The molecule has 0 radical (unpaired) electrons. The first-order valence-electron chi connectivity index (χ1n) is 5.24. The zero-order valence-corrected chi connectivity index (χ0v) is 10.4. The van der Waals surface area contributed by atoms with Crippen LogP contribution in [-0.2, 0) is 13.6 Å². The van der Waals surface area contributed by atoms with E-state index in [1.807, 2.05) is 20.2 Å². The monoisotopic (exact) mass is 253 g/mol. The molecule has 0 bridgehead atoms. The Morgan fingerprint density at radius 2 is 2.24 bits per heavy atom. The largest absolute Gasteiger partial charge is 0.364 e. The summed E-state index contributed by atoms with van der Waals surface area (Å²) in [5.74, 6) is 0.428. The lowest BCUT2D eigenvalue weighted by molar-refractivity contribution is 0.627. The molecule has 3 nitrogen and oxygen atoms in total. The summed E-state index contributed by atoms with van der Waals surface area (Å²) < 4.78 is 14.7. The Morgan fingerprint density at radius 1 is 1.47 bits per heavy atom. The number of hydrogen-bond donors (Lipinski definition) is 1. The fourth-order valence-electron chi connectivity index (χ4n) is 1.62. The Morgan fingerprint density at radius 3 is 2.82 bits per heavy atom. The first-order chi connectivity index (χ1) is 8.06. The summed E-state index contributed by atoms with van der Waals surface area (Å²) >= 11 is 5.71. The van der Waals surface area contributed by atoms with Crippen molar-refractivity contribution in [2.45, 2.75) is 13.5 Å². The molecule has 2 aromatic rings. The number of hydrogen-bond acceptors (Lipinski definition) is 2. The molecule has 1 aromatic carbocycles. The molecular formula is C12H13ClFN3. The molecule has 0 atom stereocenters. The molecule has 1 aromatic heterocycles. The lowest BCUT2D eigenvalue weighted by Crippen LogP contribution is -2.02. The molecule has 17 heavy (non-hydrogen) atoms. The summed E-state index contributed by atoms with van der Waals surface area (Å²) in [6.07, 6.45) is 1.93. The van der Waals surface area contributed by atoms with Crippen molar-refractivity contribution in [3.05, 3.63) is 46.4 Å². The molecule has 90 valence electrons. The highest BCUT2D eigenvalue weighted by atomic mass is 35.5. The van der Waals surface area contributed by atoms with Crippen LogP contribution in [0.15, 0.2) is 24.4 Å². The highest BCUT2D eigenvalue weighted by Gasteiger charge is 2.04. The van der Waals surface area contributed by atoms with Gasteiger partial charge in [0.05, 0.1) is 5.02 Å². The van der Waals surface area contributed by atoms with E-state index < -0.39 is 5.82 Å². The zero-order valence-electron chi connectivity index (χ0n) is 9.67. The lowest BCUT2D eigenvalue weighted by Gasteiger charge is -2.05. The summed E-state index contributed by atoms with van der Waals surface area (Å²) in [5, 5.41) is 7.59. The van der Waals surface area contributed by atoms with E-state index >= 15 is 0 Å². The van der Waals surface area contributed by atoms with Gasteiger partial charge in [0.15, 0.2) is 5.82 Å². The van der Waals surface area contributed by atoms with Crippen molar-refractivity contribution in [2.75, 3.05) is 5.32 Å². The van der Waals surface area contributed by atoms with Crippen molar-refractivity contribution in [1.82, 2.24) is 9.78 Å². The molecule has 0 unspecified atom stereocenters. The van der Waals surface area contributed by atoms with Gasteiger partial charge in [-0.15, -0.1) is 0 Å². The average Bonchev–Trinajstić information content (AvgIpc) is 2.59. The van der Waals surface area contributed by atoms with Gasteiger partial charge in [-0.1, -0.05) is 17.7 Å². The van der Waals surface area contributed by atoms with Crippen LogP contribution < -0.4 is 5.32 Å². The van der Waals surface area contributed by atoms with Crippen LogP contribution in [0.5, 0.6) is 0 Å². The number of nitrogens with one attached hydrogen (secondary N) is 1. The van der Waals surface area contributed by atoms with Gasteiger partial charge in [-0.05, 0) is 24.6 Å². The molecule has 0 fully saturated rings. The number of aromatic nitrogens is 2. The highest BCUT2D eigenvalue weighted by Crippen LogP contribution is 2.17. The number of anilines is 1. The van der Waals surface area contributed by atoms with E-state index in [-0.39, 0.29) is 5.02 Å². The van der Waals surface area contributed by atoms with E-state index in [0.29, 0.717) is 6.54 Å². The highest BCUT2D eigenvalue weighted by molar-refractivity contribution is 6.30. The molecule has 1 heterocycles. The summed E-state index contributed by atoms with van der Waals surface area (Å²) in [6, 6.07) is 4.68. The fourth-order valence-corrected chi connectivity index (χ4v) is 1.82. The SMILES string of the molecule is Cc1cn(C)nc1NCc1ccc(F)c(Cl)c1. The molecular weight excluding hydrogens is 241 g/mol. The molecule has 0 aliphatic heterocycles. The minimum atomic E-state index is -0.399. The topological polar surface area (TPSA) is 29.9 Å². The Kier molecular flexibility index (Phi) is 3.33. The predicted molar refractivity (Wildman–Crippen MR) is 66.7 cm³/mol. The van der Waals surface area contributed by atoms with Crippen LogP contribution in [0, 0.1) is 12.7 Å². The Bertz CT molecular complexity index is 537. The molecule has 0 spiro atoms. The lowest BCUT2D eigenvalue weighted by atomic mass is 10.2. The second-order valence-electron chi connectivity index (χ2n) is 3.94. The minimum absolute atomic E-state index is 0.141. The van der Waals surface area contributed by atoms with Crippen molar-refractivity contribution < 1.29 is 4.39 Å². The smallest absolute Gasteiger partial charge is 0.151 e. The van der Waals surface area contributed by atoms with Gasteiger partial charge in [-0.25, -0.2) is 4.39 Å². The molecule has 1 N–H and O–H groups in total. The van der Waals surface area contributed by atoms with Gasteiger partial charge in [0.25, 0.3) is 0 Å². The molecule has 0 aliphatic rings. The first-order valence-corrected chi connectivity index (χ1v) is 5.62. The maximum absolute atomic E-state index is 13.0. The summed E-state index contributed by atoms with van der Waals surface area (Å²) in [7, 11) is 1.87. The third kappa shape index (κ3) is 2.77. The van der Waals surface area contributed by atoms with Crippen LogP contribution in [0.4, 0.5) is 10.2 Å². The maximum Gasteiger partial charge on any atom is 0.151 e. The Balaban J connectivity index is 2.07. The van der Waals surface area contributed by atoms with E-state index in [0.717, 1.165) is 16.9 Å². The van der Waals surface area contributed by atoms with Crippen LogP contribution >= 0.6 is 11.6 Å². The van der Waals surface area contributed by atoms with Crippen molar-refractivity contribution in [2.24, 2.45) is 7.05 Å². The average molecular weight is 254 g/mol. The van der Waals surface area contributed by atoms with E-state index in [9.17, 15) is 4.39 Å². The quantitative estimate of drug-likeness (QED) is 0.911. The van der Waals surface area contributed by atoms with Gasteiger partial charge in [0.2, 0.25) is 0 Å². The van der Waals surface area contributed by atoms with Crippen LogP contribution in [0.3, 0.4) is 0 Å². The summed E-state index contributed by atoms with van der Waals surface area (Å²) in [5.41, 5.74) is 1.99. The van der Waals surface area contributed by atoms with Gasteiger partial charge in [-0.3, -0.25) is 4.68 Å². The number of aryl methyl sites for hydroxylation is 2. The number of nitrogens with zero attached hydrogens (tertiary/aromatic N) is 2.